The van der Waals surface area contributed by atoms with Gasteiger partial charge in [-0.1, -0.05) is 255 Å². The second-order valence-corrected chi connectivity index (χ2v) is 25.3. The normalized spacial score (nSPS) is 10.4. The van der Waals surface area contributed by atoms with Crippen LogP contribution in [0.3, 0.4) is 0 Å². The number of para-hydroxylation sites is 5. The van der Waals surface area contributed by atoms with Gasteiger partial charge in [0.15, 0.2) is 46.5 Å². The molecule has 594 valence electrons. The Morgan fingerprint density at radius 1 is 0.193 bits per heavy atom. The molecule has 19 heteroatoms. The Labute approximate surface area is 675 Å². The highest BCUT2D eigenvalue weighted by Gasteiger charge is 2.29. The predicted molar refractivity (Wildman–Crippen MR) is 447 cm³/mol. The first-order valence-corrected chi connectivity index (χ1v) is 36.7. The van der Waals surface area contributed by atoms with Crippen LogP contribution in [0.25, 0.3) is 122 Å². The van der Waals surface area contributed by atoms with E-state index in [1.807, 2.05) is 285 Å². The number of furan rings is 7. The molecule has 0 saturated heterocycles. The molecule has 7 aromatic heterocycles. The van der Waals surface area contributed by atoms with Gasteiger partial charge in [-0.3, -0.25) is 0 Å². The minimum atomic E-state index is -2.19. The summed E-state index contributed by atoms with van der Waals surface area (Å²) < 4.78 is 175. The van der Waals surface area contributed by atoms with Crippen molar-refractivity contribution in [2.24, 2.45) is 0 Å². The fourth-order valence-corrected chi connectivity index (χ4v) is 11.5. The van der Waals surface area contributed by atoms with Crippen molar-refractivity contribution < 1.29 is 84.3 Å². The first-order valence-electron chi connectivity index (χ1n) is 36.7. The standard InChI is InChI=1S/C15H12O2.C14H5F5O.2C14H10O.C9H8O2.2C8H6O.C6HF5.2C6H6/c1-16-13-8-7-12-9-14(17-15(12)10-13)11-5-3-2-4-6-11;15-10-9(11(16)13(18)14(19)12(10)17)8-5-6-3-1-2-4-7(6)20-8;2*1-2-6-11(7-3-1)14-10-12-8-4-5-9-13(12)15-14;1-10-8-3-2-7-4-5-11-9(7)6-8;2*1-2-4-8-7(3-1)5-6-9-8;7-2-1-3(8)5(10)6(11)4(2)9;2*1-2-4-6-5-3-1/h2-10H,1H3;1-5H;2*1-10H;2-6H,1H3;2*1-6H;1H;2*1-6H. The number of halogens is 10. The van der Waals surface area contributed by atoms with E-state index in [-0.39, 0.29) is 11.6 Å². The molecular weight excluding hydrogens is 1540 g/mol. The van der Waals surface area contributed by atoms with E-state index >= 15 is 0 Å². The van der Waals surface area contributed by atoms with Crippen LogP contribution in [0, 0.1) is 58.2 Å². The van der Waals surface area contributed by atoms with Gasteiger partial charge in [0.05, 0.1) is 38.6 Å². The average Bonchev–Trinajstić information content (AvgIpc) is 1.76. The summed E-state index contributed by atoms with van der Waals surface area (Å²) in [6, 6.07) is 118. The van der Waals surface area contributed by atoms with Gasteiger partial charge < -0.3 is 40.4 Å². The van der Waals surface area contributed by atoms with Gasteiger partial charge in [-0.05, 0) is 97.1 Å². The predicted octanol–water partition coefficient (Wildman–Crippen LogP) is 30.2. The van der Waals surface area contributed by atoms with Crippen molar-refractivity contribution in [2.75, 3.05) is 14.2 Å². The van der Waals surface area contributed by atoms with Crippen LogP contribution in [0.1, 0.15) is 0 Å². The summed E-state index contributed by atoms with van der Waals surface area (Å²) in [5.41, 5.74) is 8.05. The van der Waals surface area contributed by atoms with E-state index in [1.54, 1.807) is 51.2 Å². The highest BCUT2D eigenvalue weighted by Crippen LogP contribution is 2.36. The molecule has 0 bridgehead atoms. The van der Waals surface area contributed by atoms with Gasteiger partial charge >= 0.3 is 0 Å². The van der Waals surface area contributed by atoms with Crippen molar-refractivity contribution in [1.29, 1.82) is 0 Å². The zero-order valence-electron chi connectivity index (χ0n) is 63.4. The number of ether oxygens (including phenoxy) is 2. The van der Waals surface area contributed by atoms with E-state index in [0.717, 1.165) is 111 Å². The molecular formula is C100H70F10O9. The van der Waals surface area contributed by atoms with Crippen molar-refractivity contribution >= 4 is 76.8 Å². The van der Waals surface area contributed by atoms with E-state index in [1.165, 1.54) is 12.1 Å². The van der Waals surface area contributed by atoms with Gasteiger partial charge in [0.2, 0.25) is 11.6 Å². The first-order chi connectivity index (χ1) is 58.1. The minimum absolute atomic E-state index is 0.0618. The topological polar surface area (TPSA) is 110 Å². The van der Waals surface area contributed by atoms with Crippen LogP contribution in [-0.4, -0.2) is 14.2 Å². The Balaban J connectivity index is 0.000000124. The summed E-state index contributed by atoms with van der Waals surface area (Å²) in [5.74, 6) is -15.7. The lowest BCUT2D eigenvalue weighted by Gasteiger charge is -2.05. The number of hydrogen-bond acceptors (Lipinski definition) is 9. The average molecular weight is 1610 g/mol. The Hall–Kier alpha value is -15.2. The second kappa shape index (κ2) is 41.7. The maximum atomic E-state index is 13.6. The Morgan fingerprint density at radius 2 is 0.445 bits per heavy atom. The fraction of sp³-hybridized carbons (Fsp3) is 0.0200. The molecule has 0 N–H and O–H groups in total. The zero-order valence-corrected chi connectivity index (χ0v) is 63.4. The summed E-state index contributed by atoms with van der Waals surface area (Å²) >= 11 is 0. The largest absolute Gasteiger partial charge is 0.497 e. The van der Waals surface area contributed by atoms with Crippen LogP contribution in [0.5, 0.6) is 11.5 Å². The van der Waals surface area contributed by atoms with Crippen molar-refractivity contribution in [2.45, 2.75) is 0 Å². The van der Waals surface area contributed by atoms with Gasteiger partial charge in [0.25, 0.3) is 0 Å². The molecule has 0 aliphatic carbocycles. The van der Waals surface area contributed by atoms with E-state index in [2.05, 4.69) is 48.5 Å². The third-order valence-electron chi connectivity index (χ3n) is 17.4. The van der Waals surface area contributed by atoms with Gasteiger partial charge in [-0.25, -0.2) is 43.9 Å². The molecule has 0 unspecified atom stereocenters. The SMILES string of the molecule is COc1ccc2cc(-c3ccccc3)oc2c1.COc1ccc2ccoc2c1.Fc1c(F)c(F)c(-c2cc3ccccc3o2)c(F)c1F.Fc1cc(F)c(F)c(F)c1F.c1ccc(-c2cc3ccccc3o2)cc1.c1ccc(-c2cc3ccccc3o2)cc1.c1ccc2occc2c1.c1ccc2occc2c1.c1ccccc1.c1ccccc1. The fourth-order valence-electron chi connectivity index (χ4n) is 11.5. The molecule has 9 nitrogen and oxygen atoms in total. The third-order valence-corrected chi connectivity index (χ3v) is 17.4. The third kappa shape index (κ3) is 22.4. The lowest BCUT2D eigenvalue weighted by Crippen LogP contribution is -2.03. The molecule has 0 spiro atoms. The number of fused-ring (bicyclic) bond motifs is 7. The van der Waals surface area contributed by atoms with E-state index in [9.17, 15) is 43.9 Å². The van der Waals surface area contributed by atoms with Crippen molar-refractivity contribution in [3.8, 4) is 56.8 Å². The number of hydrogen-bond donors (Lipinski definition) is 0. The maximum absolute atomic E-state index is 13.6. The van der Waals surface area contributed by atoms with Crippen molar-refractivity contribution in [1.82, 2.24) is 0 Å². The molecule has 0 aliphatic heterocycles. The number of rotatable bonds is 6. The van der Waals surface area contributed by atoms with E-state index in [0.29, 0.717) is 5.39 Å². The van der Waals surface area contributed by atoms with Gasteiger partial charge in [-0.15, -0.1) is 0 Å². The molecule has 0 fully saturated rings. The smallest absolute Gasteiger partial charge is 0.200 e. The minimum Gasteiger partial charge on any atom is -0.497 e. The van der Waals surface area contributed by atoms with Crippen molar-refractivity contribution in [3.05, 3.63) is 447 Å². The highest BCUT2D eigenvalue weighted by atomic mass is 19.2. The lowest BCUT2D eigenvalue weighted by atomic mass is 10.1. The van der Waals surface area contributed by atoms with E-state index < -0.39 is 69.5 Å². The van der Waals surface area contributed by atoms with Crippen molar-refractivity contribution in [3.63, 3.8) is 0 Å². The first kappa shape index (κ1) is 83.2. The number of benzene rings is 14. The quantitative estimate of drug-likeness (QED) is 0.0913. The summed E-state index contributed by atoms with van der Waals surface area (Å²) in [6.45, 7) is 0. The molecule has 21 aromatic rings. The Morgan fingerprint density at radius 3 is 0.798 bits per heavy atom. The molecule has 119 heavy (non-hydrogen) atoms. The Kier molecular flexibility index (Phi) is 29.1. The van der Waals surface area contributed by atoms with Gasteiger partial charge in [-0.2, -0.15) is 0 Å². The van der Waals surface area contributed by atoms with Crippen LogP contribution in [0.4, 0.5) is 43.9 Å². The van der Waals surface area contributed by atoms with Crippen LogP contribution < -0.4 is 9.47 Å². The van der Waals surface area contributed by atoms with Gasteiger partial charge in [0.1, 0.15) is 73.6 Å². The highest BCUT2D eigenvalue weighted by molar-refractivity contribution is 5.87. The summed E-state index contributed by atoms with van der Waals surface area (Å²) in [4.78, 5) is 0. The second-order valence-electron chi connectivity index (χ2n) is 25.3. The molecule has 0 amide bonds. The monoisotopic (exact) mass is 1600 g/mol. The molecule has 0 radical (unpaired) electrons. The zero-order chi connectivity index (χ0) is 83.2. The van der Waals surface area contributed by atoms with E-state index in [4.69, 9.17) is 40.4 Å². The lowest BCUT2D eigenvalue weighted by molar-refractivity contribution is 0.378. The molecule has 7 heterocycles. The Bertz CT molecular complexity index is 6200. The molecule has 0 saturated carbocycles. The summed E-state index contributed by atoms with van der Waals surface area (Å²) in [6.07, 6.45) is 5.07. The molecule has 21 rings (SSSR count). The maximum Gasteiger partial charge on any atom is 0.200 e. The number of methoxy groups -OCH3 is 2. The molecule has 0 atom stereocenters. The van der Waals surface area contributed by atoms with Crippen LogP contribution in [-0.2, 0) is 0 Å². The van der Waals surface area contributed by atoms with Crippen LogP contribution >= 0.6 is 0 Å². The molecule has 14 aromatic carbocycles. The summed E-state index contributed by atoms with van der Waals surface area (Å²) in [7, 11) is 3.30. The molecule has 0 aliphatic rings. The summed E-state index contributed by atoms with van der Waals surface area (Å²) in [5, 5.41) is 7.31. The van der Waals surface area contributed by atoms with Crippen LogP contribution in [0.2, 0.25) is 0 Å². The van der Waals surface area contributed by atoms with Gasteiger partial charge in [0, 0.05) is 72.6 Å². The van der Waals surface area contributed by atoms with Crippen LogP contribution in [0.15, 0.2) is 420 Å².